The molecule has 0 amide bonds. The summed E-state index contributed by atoms with van der Waals surface area (Å²) in [5.41, 5.74) is -4.78. The number of carbonyl (C=O) groups is 2. The van der Waals surface area contributed by atoms with Crippen molar-refractivity contribution in [3.8, 4) is 0 Å². The predicted octanol–water partition coefficient (Wildman–Crippen LogP) is 1.40. The molecule has 3 aliphatic rings. The summed E-state index contributed by atoms with van der Waals surface area (Å²) in [5, 5.41) is 41.1. The summed E-state index contributed by atoms with van der Waals surface area (Å²) in [6.07, 6.45) is 3.04. The number of aliphatic hydroxyl groups excluding tert-OH is 3. The minimum atomic E-state index is -2.12. The summed E-state index contributed by atoms with van der Waals surface area (Å²) in [6, 6.07) is 0. The Morgan fingerprint density at radius 1 is 1.41 bits per heavy atom. The van der Waals surface area contributed by atoms with E-state index in [1.807, 2.05) is 6.92 Å². The molecule has 0 saturated heterocycles. The van der Waals surface area contributed by atoms with Crippen LogP contribution in [0.25, 0.3) is 0 Å². The standard InChI is InChI=1S/C22H31FO6/c1-3-4-17(26)22(23)16(6-5-14-10-15(25)7-8-20(14,22)2)13-9-18(27)21(29,11-13)19(28)12-24/h7-8,10,13,16-18,24,26-27,29H,3-6,9,11-12H2,1-2H3/t13-,16+,17+,18-,20+,21+,22+/m1/s1. The molecule has 0 heterocycles. The third kappa shape index (κ3) is 3.23. The number of hydrogen-bond donors (Lipinski definition) is 4. The van der Waals surface area contributed by atoms with Gasteiger partial charge in [0.25, 0.3) is 0 Å². The molecule has 29 heavy (non-hydrogen) atoms. The van der Waals surface area contributed by atoms with Crippen LogP contribution in [0.3, 0.4) is 0 Å². The highest BCUT2D eigenvalue weighted by atomic mass is 19.1. The van der Waals surface area contributed by atoms with E-state index in [9.17, 15) is 30.0 Å². The van der Waals surface area contributed by atoms with E-state index < -0.39 is 53.1 Å². The molecule has 0 aromatic carbocycles. The van der Waals surface area contributed by atoms with Gasteiger partial charge < -0.3 is 20.4 Å². The highest BCUT2D eigenvalue weighted by molar-refractivity contribution is 6.01. The van der Waals surface area contributed by atoms with Gasteiger partial charge in [-0.25, -0.2) is 4.39 Å². The number of halogens is 1. The average Bonchev–Trinajstić information content (AvgIpc) is 2.98. The fourth-order valence-corrected chi connectivity index (χ4v) is 5.84. The van der Waals surface area contributed by atoms with E-state index in [4.69, 9.17) is 0 Å². The minimum Gasteiger partial charge on any atom is -0.390 e. The summed E-state index contributed by atoms with van der Waals surface area (Å²) in [6.45, 7) is 2.63. The van der Waals surface area contributed by atoms with Crippen LogP contribution in [-0.2, 0) is 9.59 Å². The second-order valence-corrected chi connectivity index (χ2v) is 9.05. The van der Waals surface area contributed by atoms with Crippen molar-refractivity contribution < 1.29 is 34.4 Å². The van der Waals surface area contributed by atoms with Gasteiger partial charge in [-0.15, -0.1) is 0 Å². The van der Waals surface area contributed by atoms with Crippen molar-refractivity contribution in [2.45, 2.75) is 75.9 Å². The first kappa shape index (κ1) is 22.3. The zero-order chi connectivity index (χ0) is 21.6. The smallest absolute Gasteiger partial charge is 0.192 e. The first-order valence-corrected chi connectivity index (χ1v) is 10.4. The zero-order valence-corrected chi connectivity index (χ0v) is 17.0. The van der Waals surface area contributed by atoms with Crippen LogP contribution in [-0.4, -0.2) is 62.1 Å². The van der Waals surface area contributed by atoms with Gasteiger partial charge in [-0.3, -0.25) is 9.59 Å². The first-order valence-electron chi connectivity index (χ1n) is 10.4. The van der Waals surface area contributed by atoms with Crippen LogP contribution in [0.1, 0.15) is 52.4 Å². The number of fused-ring (bicyclic) bond motifs is 1. The van der Waals surface area contributed by atoms with E-state index in [0.717, 1.165) is 0 Å². The topological polar surface area (TPSA) is 115 Å². The highest BCUT2D eigenvalue weighted by Crippen LogP contribution is 2.61. The van der Waals surface area contributed by atoms with Gasteiger partial charge in [0.1, 0.15) is 6.61 Å². The summed E-state index contributed by atoms with van der Waals surface area (Å²) in [4.78, 5) is 23.9. The van der Waals surface area contributed by atoms with Crippen molar-refractivity contribution >= 4 is 11.6 Å². The molecule has 0 aromatic rings. The molecule has 2 fully saturated rings. The number of ketones is 2. The maximum atomic E-state index is 17.0. The molecule has 0 bridgehead atoms. The molecule has 0 aromatic heterocycles. The molecule has 162 valence electrons. The van der Waals surface area contributed by atoms with Crippen LogP contribution in [0.4, 0.5) is 4.39 Å². The monoisotopic (exact) mass is 410 g/mol. The van der Waals surface area contributed by atoms with Gasteiger partial charge in [0.05, 0.1) is 12.2 Å². The predicted molar refractivity (Wildman–Crippen MR) is 104 cm³/mol. The lowest BCUT2D eigenvalue weighted by Gasteiger charge is -2.55. The first-order chi connectivity index (χ1) is 13.5. The highest BCUT2D eigenvalue weighted by Gasteiger charge is 2.65. The second-order valence-electron chi connectivity index (χ2n) is 9.05. The van der Waals surface area contributed by atoms with Gasteiger partial charge in [-0.1, -0.05) is 25.0 Å². The molecule has 0 unspecified atom stereocenters. The van der Waals surface area contributed by atoms with Crippen LogP contribution < -0.4 is 0 Å². The van der Waals surface area contributed by atoms with E-state index in [0.29, 0.717) is 24.8 Å². The Hall–Kier alpha value is -1.41. The van der Waals surface area contributed by atoms with Gasteiger partial charge in [-0.2, -0.15) is 0 Å². The van der Waals surface area contributed by atoms with Gasteiger partial charge in [0.2, 0.25) is 0 Å². The fraction of sp³-hybridized carbons (Fsp3) is 0.727. The number of Topliss-reactive ketones (excluding diaryl/α,β-unsaturated/α-hetero) is 1. The molecule has 0 radical (unpaired) electrons. The van der Waals surface area contributed by atoms with Crippen molar-refractivity contribution in [2.75, 3.05) is 6.61 Å². The average molecular weight is 410 g/mol. The lowest BCUT2D eigenvalue weighted by atomic mass is 9.52. The quantitative estimate of drug-likeness (QED) is 0.526. The lowest BCUT2D eigenvalue weighted by Crippen LogP contribution is -2.61. The third-order valence-corrected chi connectivity index (χ3v) is 7.52. The molecular weight excluding hydrogens is 379 g/mol. The number of aliphatic hydroxyl groups is 4. The molecular formula is C22H31FO6. The molecule has 2 saturated carbocycles. The van der Waals surface area contributed by atoms with Gasteiger partial charge in [-0.05, 0) is 57.1 Å². The Morgan fingerprint density at radius 3 is 2.72 bits per heavy atom. The summed E-state index contributed by atoms with van der Waals surface area (Å²) in [7, 11) is 0. The van der Waals surface area contributed by atoms with Crippen molar-refractivity contribution in [1.29, 1.82) is 0 Å². The summed E-state index contributed by atoms with van der Waals surface area (Å²) in [5.74, 6) is -2.36. The normalized spacial score (nSPS) is 43.1. The van der Waals surface area contributed by atoms with Crippen LogP contribution in [0, 0.1) is 17.3 Å². The Labute approximate surface area is 170 Å². The summed E-state index contributed by atoms with van der Waals surface area (Å²) < 4.78 is 17.0. The number of rotatable bonds is 6. The molecule has 3 aliphatic carbocycles. The number of carbonyl (C=O) groups excluding carboxylic acids is 2. The molecule has 0 spiro atoms. The van der Waals surface area contributed by atoms with Crippen molar-refractivity contribution in [3.05, 3.63) is 23.8 Å². The molecule has 7 atom stereocenters. The van der Waals surface area contributed by atoms with Crippen molar-refractivity contribution in [2.24, 2.45) is 17.3 Å². The van der Waals surface area contributed by atoms with Gasteiger partial charge in [0, 0.05) is 11.3 Å². The van der Waals surface area contributed by atoms with Crippen LogP contribution in [0.2, 0.25) is 0 Å². The number of hydrogen-bond acceptors (Lipinski definition) is 6. The Morgan fingerprint density at radius 2 is 2.10 bits per heavy atom. The molecule has 4 N–H and O–H groups in total. The summed E-state index contributed by atoms with van der Waals surface area (Å²) >= 11 is 0. The van der Waals surface area contributed by atoms with E-state index in [1.54, 1.807) is 6.92 Å². The molecule has 0 aliphatic heterocycles. The Balaban J connectivity index is 2.02. The van der Waals surface area contributed by atoms with Crippen LogP contribution in [0.15, 0.2) is 23.8 Å². The Bertz CT molecular complexity index is 748. The van der Waals surface area contributed by atoms with E-state index >= 15 is 4.39 Å². The number of allylic oxidation sites excluding steroid dienone is 4. The second kappa shape index (κ2) is 7.69. The molecule has 7 heteroatoms. The van der Waals surface area contributed by atoms with E-state index in [-0.39, 0.29) is 25.0 Å². The third-order valence-electron chi connectivity index (χ3n) is 7.52. The van der Waals surface area contributed by atoms with E-state index in [1.165, 1.54) is 18.2 Å². The lowest BCUT2D eigenvalue weighted by molar-refractivity contribution is -0.151. The van der Waals surface area contributed by atoms with Crippen molar-refractivity contribution in [3.63, 3.8) is 0 Å². The van der Waals surface area contributed by atoms with Gasteiger partial charge in [0.15, 0.2) is 22.8 Å². The van der Waals surface area contributed by atoms with Crippen LogP contribution >= 0.6 is 0 Å². The largest absolute Gasteiger partial charge is 0.390 e. The number of alkyl halides is 1. The zero-order valence-electron chi connectivity index (χ0n) is 17.0. The minimum absolute atomic E-state index is 0.00912. The van der Waals surface area contributed by atoms with Gasteiger partial charge >= 0.3 is 0 Å². The van der Waals surface area contributed by atoms with Crippen LogP contribution in [0.5, 0.6) is 0 Å². The van der Waals surface area contributed by atoms with E-state index in [2.05, 4.69) is 0 Å². The Kier molecular flexibility index (Phi) is 5.91. The maximum absolute atomic E-state index is 17.0. The molecule has 3 rings (SSSR count). The maximum Gasteiger partial charge on any atom is 0.192 e. The van der Waals surface area contributed by atoms with Crippen molar-refractivity contribution in [1.82, 2.24) is 0 Å². The molecule has 6 nitrogen and oxygen atoms in total. The SMILES string of the molecule is CCC[C@H](O)[C@@]1(F)[C@H]([C@@H]2C[C@@H](O)[C@](O)(C(=O)CO)C2)CCC2=CC(=O)C=C[C@@]21C. The fourth-order valence-electron chi connectivity index (χ4n) is 5.84.